The number of amides is 2. The molecule has 0 saturated carbocycles. The molecule has 41 heavy (non-hydrogen) atoms. The van der Waals surface area contributed by atoms with Gasteiger partial charge in [-0.05, 0) is 24.0 Å². The number of hydrogen-bond acceptors (Lipinski definition) is 9. The third-order valence-corrected chi connectivity index (χ3v) is 7.16. The summed E-state index contributed by atoms with van der Waals surface area (Å²) in [6, 6.07) is 17.8. The molecular formula is C30H41N3O8. The van der Waals surface area contributed by atoms with Crippen LogP contribution >= 0.6 is 0 Å². The summed E-state index contributed by atoms with van der Waals surface area (Å²) >= 11 is 0. The van der Waals surface area contributed by atoms with Gasteiger partial charge in [0.1, 0.15) is 12.2 Å². The summed E-state index contributed by atoms with van der Waals surface area (Å²) in [6.45, 7) is 1.99. The second-order valence-corrected chi connectivity index (χ2v) is 10.5. The number of aliphatic hydroxyl groups is 2. The maximum Gasteiger partial charge on any atom is 0.407 e. The Morgan fingerprint density at radius 3 is 1.51 bits per heavy atom. The topological polar surface area (TPSA) is 148 Å². The van der Waals surface area contributed by atoms with Crippen molar-refractivity contribution in [2.24, 2.45) is 0 Å². The average molecular weight is 572 g/mol. The summed E-state index contributed by atoms with van der Waals surface area (Å²) in [5.74, 6) is 0. The highest BCUT2D eigenvalue weighted by atomic mass is 16.6. The lowest BCUT2D eigenvalue weighted by Gasteiger charge is -2.27. The molecule has 6 atom stereocenters. The fraction of sp³-hybridized carbons (Fsp3) is 0.533. The van der Waals surface area contributed by atoms with Gasteiger partial charge in [0.05, 0.1) is 50.7 Å². The van der Waals surface area contributed by atoms with Gasteiger partial charge in [-0.25, -0.2) is 9.59 Å². The third-order valence-electron chi connectivity index (χ3n) is 7.16. The molecule has 2 saturated heterocycles. The third kappa shape index (κ3) is 10.6. The highest BCUT2D eigenvalue weighted by Crippen LogP contribution is 2.12. The normalized spacial score (nSPS) is 21.4. The first-order valence-corrected chi connectivity index (χ1v) is 14.2. The molecule has 0 radical (unpaired) electrons. The van der Waals surface area contributed by atoms with Gasteiger partial charge in [-0.15, -0.1) is 0 Å². The van der Waals surface area contributed by atoms with Crippen LogP contribution in [0.15, 0.2) is 60.7 Å². The Balaban J connectivity index is 1.32. The van der Waals surface area contributed by atoms with Gasteiger partial charge in [-0.2, -0.15) is 0 Å². The molecule has 1 unspecified atom stereocenters. The van der Waals surface area contributed by atoms with E-state index in [2.05, 4.69) is 16.0 Å². The van der Waals surface area contributed by atoms with Gasteiger partial charge in [0.2, 0.25) is 0 Å². The molecule has 2 aromatic rings. The summed E-state index contributed by atoms with van der Waals surface area (Å²) in [7, 11) is 0. The SMILES string of the molecule is O=C(N[C@@H](Cc1ccccc1)[C@H](O)CNC[C@@H](O)[C@H](Cc1ccccc1)NC(=O)O[C@H]1CCOC1)OC1CCOC1. The van der Waals surface area contributed by atoms with Crippen molar-refractivity contribution in [3.8, 4) is 0 Å². The first-order valence-electron chi connectivity index (χ1n) is 14.2. The van der Waals surface area contributed by atoms with Crippen molar-refractivity contribution in [2.75, 3.05) is 39.5 Å². The standard InChI is InChI=1S/C30H41N3O8/c34-27(25(15-21-7-3-1-4-8-21)32-29(36)40-23-11-13-38-19-23)17-31-18-28(35)26(16-22-9-5-2-6-10-22)33-30(37)41-24-12-14-39-20-24/h1-10,23-28,31,34-35H,11-20H2,(H,32,36)(H,33,37)/t23-,24?,25-,26-,27+,28+/m0/s1. The van der Waals surface area contributed by atoms with E-state index >= 15 is 0 Å². The number of carbonyl (C=O) groups is 2. The van der Waals surface area contributed by atoms with Crippen LogP contribution in [-0.2, 0) is 31.8 Å². The van der Waals surface area contributed by atoms with Crippen LogP contribution in [0.4, 0.5) is 9.59 Å². The van der Waals surface area contributed by atoms with Crippen LogP contribution in [0.5, 0.6) is 0 Å². The Kier molecular flexibility index (Phi) is 12.2. The minimum absolute atomic E-state index is 0.0866. The summed E-state index contributed by atoms with van der Waals surface area (Å²) < 4.78 is 21.4. The Morgan fingerprint density at radius 1 is 0.732 bits per heavy atom. The van der Waals surface area contributed by atoms with Crippen LogP contribution in [0.25, 0.3) is 0 Å². The van der Waals surface area contributed by atoms with Crippen molar-refractivity contribution in [1.82, 2.24) is 16.0 Å². The summed E-state index contributed by atoms with van der Waals surface area (Å²) in [5, 5.41) is 30.7. The van der Waals surface area contributed by atoms with Crippen molar-refractivity contribution in [1.29, 1.82) is 0 Å². The Morgan fingerprint density at radius 2 is 1.15 bits per heavy atom. The van der Waals surface area contributed by atoms with Crippen LogP contribution in [0.1, 0.15) is 24.0 Å². The molecule has 0 aromatic heterocycles. The van der Waals surface area contributed by atoms with E-state index in [-0.39, 0.29) is 25.3 Å². The maximum absolute atomic E-state index is 12.6. The first-order chi connectivity index (χ1) is 20.0. The molecule has 2 aliphatic heterocycles. The fourth-order valence-electron chi connectivity index (χ4n) is 4.85. The molecule has 2 fully saturated rings. The van der Waals surface area contributed by atoms with Crippen LogP contribution in [-0.4, -0.2) is 98.4 Å². The largest absolute Gasteiger partial charge is 0.444 e. The van der Waals surface area contributed by atoms with Gasteiger partial charge in [0, 0.05) is 25.9 Å². The zero-order valence-corrected chi connectivity index (χ0v) is 23.2. The second-order valence-electron chi connectivity index (χ2n) is 10.5. The van der Waals surface area contributed by atoms with Crippen LogP contribution in [0, 0.1) is 0 Å². The van der Waals surface area contributed by atoms with Crippen molar-refractivity contribution in [2.45, 2.75) is 62.2 Å². The van der Waals surface area contributed by atoms with Crippen molar-refractivity contribution >= 4 is 12.2 Å². The maximum atomic E-state index is 12.6. The molecule has 2 amide bonds. The van der Waals surface area contributed by atoms with Gasteiger partial charge < -0.3 is 45.1 Å². The summed E-state index contributed by atoms with van der Waals surface area (Å²) in [6.07, 6.45) is -1.76. The molecular weight excluding hydrogens is 530 g/mol. The van der Waals surface area contributed by atoms with Crippen LogP contribution in [0.2, 0.25) is 0 Å². The molecule has 5 N–H and O–H groups in total. The Labute approximate surface area is 240 Å². The lowest BCUT2D eigenvalue weighted by molar-refractivity contribution is 0.0635. The fourth-order valence-corrected chi connectivity index (χ4v) is 4.85. The van der Waals surface area contributed by atoms with E-state index in [1.807, 2.05) is 60.7 Å². The molecule has 0 aliphatic carbocycles. The van der Waals surface area contributed by atoms with Crippen molar-refractivity contribution < 1.29 is 38.7 Å². The van der Waals surface area contributed by atoms with E-state index in [4.69, 9.17) is 18.9 Å². The first kappa shape index (κ1) is 30.7. The Hall–Kier alpha value is -3.22. The number of ether oxygens (including phenoxy) is 4. The molecule has 0 bridgehead atoms. The molecule has 4 rings (SSSR count). The van der Waals surface area contributed by atoms with E-state index in [9.17, 15) is 19.8 Å². The number of nitrogens with one attached hydrogen (secondary N) is 3. The number of alkyl carbamates (subject to hydrolysis) is 2. The van der Waals surface area contributed by atoms with Gasteiger partial charge in [-0.3, -0.25) is 0 Å². The molecule has 0 spiro atoms. The zero-order valence-electron chi connectivity index (χ0n) is 23.2. The monoisotopic (exact) mass is 571 g/mol. The average Bonchev–Trinajstić information content (AvgIpc) is 3.68. The highest BCUT2D eigenvalue weighted by Gasteiger charge is 2.28. The lowest BCUT2D eigenvalue weighted by Crippen LogP contribution is -2.52. The summed E-state index contributed by atoms with van der Waals surface area (Å²) in [5.41, 5.74) is 1.89. The predicted octanol–water partition coefficient (Wildman–Crippen LogP) is 1.55. The predicted molar refractivity (Wildman–Crippen MR) is 150 cm³/mol. The van der Waals surface area contributed by atoms with Crippen LogP contribution in [0.3, 0.4) is 0 Å². The van der Waals surface area contributed by atoms with Gasteiger partial charge in [-0.1, -0.05) is 60.7 Å². The van der Waals surface area contributed by atoms with Gasteiger partial charge >= 0.3 is 12.2 Å². The van der Waals surface area contributed by atoms with E-state index in [0.717, 1.165) is 11.1 Å². The van der Waals surface area contributed by atoms with Gasteiger partial charge in [0.25, 0.3) is 0 Å². The van der Waals surface area contributed by atoms with Crippen molar-refractivity contribution in [3.63, 3.8) is 0 Å². The highest BCUT2D eigenvalue weighted by molar-refractivity contribution is 5.68. The Bertz CT molecular complexity index is 965. The zero-order chi connectivity index (χ0) is 28.9. The van der Waals surface area contributed by atoms with Gasteiger partial charge in [0.15, 0.2) is 0 Å². The van der Waals surface area contributed by atoms with E-state index in [0.29, 0.717) is 52.1 Å². The van der Waals surface area contributed by atoms with E-state index in [1.165, 1.54) is 0 Å². The number of benzene rings is 2. The molecule has 2 aliphatic rings. The molecule has 11 heteroatoms. The quantitative estimate of drug-likeness (QED) is 0.228. The number of carbonyl (C=O) groups excluding carboxylic acids is 2. The van der Waals surface area contributed by atoms with E-state index in [1.54, 1.807) is 0 Å². The smallest absolute Gasteiger partial charge is 0.407 e. The minimum Gasteiger partial charge on any atom is -0.444 e. The number of hydrogen-bond donors (Lipinski definition) is 5. The second kappa shape index (κ2) is 16.3. The number of rotatable bonds is 14. The van der Waals surface area contributed by atoms with Crippen molar-refractivity contribution in [3.05, 3.63) is 71.8 Å². The van der Waals surface area contributed by atoms with E-state index < -0.39 is 36.5 Å². The summed E-state index contributed by atoms with van der Waals surface area (Å²) in [4.78, 5) is 25.1. The molecule has 224 valence electrons. The minimum atomic E-state index is -0.984. The molecule has 11 nitrogen and oxygen atoms in total. The molecule has 2 heterocycles. The number of aliphatic hydroxyl groups excluding tert-OH is 2. The molecule has 2 aromatic carbocycles. The lowest BCUT2D eigenvalue weighted by atomic mass is 10.00. The van der Waals surface area contributed by atoms with Crippen LogP contribution < -0.4 is 16.0 Å².